The van der Waals surface area contributed by atoms with Crippen LogP contribution >= 0.6 is 0 Å². The molecule has 1 aliphatic carbocycles. The average Bonchev–Trinajstić information content (AvgIpc) is 3.42. The number of nitrogens with one attached hydrogen (secondary N) is 2. The van der Waals surface area contributed by atoms with Crippen molar-refractivity contribution in [1.82, 2.24) is 20.0 Å². The molecule has 2 amide bonds. The smallest absolute Gasteiger partial charge is 0.408 e. The molecule has 8 nitrogen and oxygen atoms in total. The number of alkyl carbamates (subject to hydrolysis) is 1. The zero-order chi connectivity index (χ0) is 25.4. The second kappa shape index (κ2) is 9.16. The number of imidazole rings is 1. The molecule has 1 aromatic carbocycles. The van der Waals surface area contributed by atoms with Crippen molar-refractivity contribution in [3.8, 4) is 5.75 Å². The Morgan fingerprint density at radius 2 is 1.83 bits per heavy atom. The van der Waals surface area contributed by atoms with Crippen molar-refractivity contribution >= 4 is 17.6 Å². The quantitative estimate of drug-likeness (QED) is 0.520. The number of pyridine rings is 1. The van der Waals surface area contributed by atoms with E-state index in [9.17, 15) is 18.4 Å². The highest BCUT2D eigenvalue weighted by atomic mass is 19.1. The maximum Gasteiger partial charge on any atom is 0.408 e. The number of hydrogen-bond acceptors (Lipinski definition) is 5. The van der Waals surface area contributed by atoms with Crippen molar-refractivity contribution in [2.45, 2.75) is 58.3 Å². The Bertz CT molecular complexity index is 1260. The molecule has 10 heteroatoms. The minimum absolute atomic E-state index is 0.192. The van der Waals surface area contributed by atoms with Crippen LogP contribution in [0.25, 0.3) is 5.65 Å². The number of fused-ring (bicyclic) bond motifs is 1. The van der Waals surface area contributed by atoms with Crippen LogP contribution in [0.1, 0.15) is 55.4 Å². The fraction of sp³-hybridized carbons (Fsp3) is 0.400. The maximum absolute atomic E-state index is 14.0. The van der Waals surface area contributed by atoms with Crippen molar-refractivity contribution in [3.63, 3.8) is 0 Å². The van der Waals surface area contributed by atoms with Crippen LogP contribution in [-0.4, -0.2) is 39.1 Å². The third kappa shape index (κ3) is 5.52. The summed E-state index contributed by atoms with van der Waals surface area (Å²) in [6, 6.07) is 6.88. The number of aryl methyl sites for hydroxylation is 1. The van der Waals surface area contributed by atoms with E-state index in [1.807, 2.05) is 0 Å². The van der Waals surface area contributed by atoms with E-state index in [1.54, 1.807) is 50.4 Å². The first-order chi connectivity index (χ1) is 16.5. The predicted octanol–water partition coefficient (Wildman–Crippen LogP) is 4.29. The molecule has 0 spiro atoms. The van der Waals surface area contributed by atoms with Crippen LogP contribution in [0.3, 0.4) is 0 Å². The molecule has 0 bridgehead atoms. The average molecular weight is 487 g/mol. The van der Waals surface area contributed by atoms with Crippen molar-refractivity contribution in [3.05, 3.63) is 65.1 Å². The molecule has 186 valence electrons. The van der Waals surface area contributed by atoms with Gasteiger partial charge in [0.05, 0.1) is 16.8 Å². The van der Waals surface area contributed by atoms with Crippen molar-refractivity contribution in [2.75, 3.05) is 6.54 Å². The van der Waals surface area contributed by atoms with E-state index in [4.69, 9.17) is 9.47 Å². The molecule has 4 rings (SSSR count). The highest BCUT2D eigenvalue weighted by molar-refractivity contribution is 5.95. The molecule has 0 atom stereocenters. The lowest BCUT2D eigenvalue weighted by Gasteiger charge is -2.23. The number of hydrogen-bond donors (Lipinski definition) is 2. The molecule has 2 heterocycles. The minimum atomic E-state index is -0.703. The van der Waals surface area contributed by atoms with Crippen LogP contribution in [0, 0.1) is 18.6 Å². The number of benzene rings is 1. The number of rotatable bonds is 7. The Morgan fingerprint density at radius 1 is 1.14 bits per heavy atom. The molecule has 3 aromatic rings. The van der Waals surface area contributed by atoms with Gasteiger partial charge >= 0.3 is 6.09 Å². The van der Waals surface area contributed by atoms with E-state index in [0.717, 1.165) is 25.0 Å². The summed E-state index contributed by atoms with van der Waals surface area (Å²) in [5.74, 6) is -1.50. The third-order valence-corrected chi connectivity index (χ3v) is 5.64. The van der Waals surface area contributed by atoms with Gasteiger partial charge in [0.1, 0.15) is 29.5 Å². The van der Waals surface area contributed by atoms with Gasteiger partial charge in [-0.15, -0.1) is 0 Å². The lowest BCUT2D eigenvalue weighted by atomic mass is 10.2. The number of ether oxygens (including phenoxy) is 2. The zero-order valence-corrected chi connectivity index (χ0v) is 20.1. The largest absolute Gasteiger partial charge is 0.485 e. The van der Waals surface area contributed by atoms with E-state index in [0.29, 0.717) is 17.0 Å². The van der Waals surface area contributed by atoms with Gasteiger partial charge in [0.15, 0.2) is 11.4 Å². The highest BCUT2D eigenvalue weighted by Crippen LogP contribution is 2.35. The molecule has 1 saturated carbocycles. The lowest BCUT2D eigenvalue weighted by molar-refractivity contribution is 0.0493. The number of aromatic nitrogens is 2. The first-order valence-electron chi connectivity index (χ1n) is 11.3. The van der Waals surface area contributed by atoms with Crippen molar-refractivity contribution < 1.29 is 27.8 Å². The Hall–Kier alpha value is -3.69. The van der Waals surface area contributed by atoms with E-state index < -0.39 is 28.9 Å². The number of halogens is 2. The van der Waals surface area contributed by atoms with Gasteiger partial charge < -0.3 is 20.1 Å². The van der Waals surface area contributed by atoms with Gasteiger partial charge in [-0.05, 0) is 64.8 Å². The number of carbonyl (C=O) groups excluding carboxylic acids is 2. The summed E-state index contributed by atoms with van der Waals surface area (Å²) in [4.78, 5) is 29.6. The Labute approximate surface area is 201 Å². The number of amides is 2. The second-order valence-corrected chi connectivity index (χ2v) is 9.69. The molecule has 2 N–H and O–H groups in total. The van der Waals surface area contributed by atoms with E-state index in [2.05, 4.69) is 15.6 Å². The monoisotopic (exact) mass is 486 g/mol. The van der Waals surface area contributed by atoms with Gasteiger partial charge in [-0.1, -0.05) is 6.07 Å². The van der Waals surface area contributed by atoms with Gasteiger partial charge in [0, 0.05) is 12.7 Å². The predicted molar refractivity (Wildman–Crippen MR) is 124 cm³/mol. The van der Waals surface area contributed by atoms with Gasteiger partial charge in [0.25, 0.3) is 5.91 Å². The normalized spacial score (nSPS) is 14.5. The maximum atomic E-state index is 14.0. The van der Waals surface area contributed by atoms with Gasteiger partial charge in [0.2, 0.25) is 0 Å². The van der Waals surface area contributed by atoms with Crippen LogP contribution in [0.4, 0.5) is 13.6 Å². The molecule has 2 aromatic heterocycles. The van der Waals surface area contributed by atoms with Gasteiger partial charge in [-0.3, -0.25) is 9.20 Å². The van der Waals surface area contributed by atoms with Crippen LogP contribution in [0.2, 0.25) is 0 Å². The SMILES string of the molecule is Cc1nc2c(OCc3c(F)cccc3F)cccn2c1C(=O)NCC1(NC(=O)OC(C)(C)C)CC1. The molecule has 0 saturated heterocycles. The first kappa shape index (κ1) is 24.4. The summed E-state index contributed by atoms with van der Waals surface area (Å²) in [5, 5.41) is 5.72. The molecule has 1 fully saturated rings. The Kier molecular flexibility index (Phi) is 6.40. The van der Waals surface area contributed by atoms with Crippen LogP contribution < -0.4 is 15.4 Å². The van der Waals surface area contributed by atoms with E-state index in [1.165, 1.54) is 6.07 Å². The standard InChI is InChI=1S/C25H28F2N4O4/c1-15-20(22(32)28-14-25(10-11-25)30-23(33)35-24(2,3)4)31-12-6-9-19(21(31)29-15)34-13-16-17(26)7-5-8-18(16)27/h5-9,12H,10-11,13-14H2,1-4H3,(H,28,32)(H,30,33). The van der Waals surface area contributed by atoms with Gasteiger partial charge in [-0.2, -0.15) is 0 Å². The Balaban J connectivity index is 1.47. The first-order valence-corrected chi connectivity index (χ1v) is 11.3. The second-order valence-electron chi connectivity index (χ2n) is 9.69. The summed E-state index contributed by atoms with van der Waals surface area (Å²) < 4.78 is 40.5. The summed E-state index contributed by atoms with van der Waals surface area (Å²) in [5.41, 5.74) is -0.238. The van der Waals surface area contributed by atoms with E-state index >= 15 is 0 Å². The summed E-state index contributed by atoms with van der Waals surface area (Å²) in [6.45, 7) is 6.95. The minimum Gasteiger partial charge on any atom is -0.485 e. The molecular formula is C25H28F2N4O4. The molecule has 0 unspecified atom stereocenters. The van der Waals surface area contributed by atoms with Crippen LogP contribution in [0.5, 0.6) is 5.75 Å². The van der Waals surface area contributed by atoms with Gasteiger partial charge in [-0.25, -0.2) is 18.6 Å². The lowest BCUT2D eigenvalue weighted by Crippen LogP contribution is -2.47. The summed E-state index contributed by atoms with van der Waals surface area (Å²) >= 11 is 0. The topological polar surface area (TPSA) is 94.0 Å². The fourth-order valence-corrected chi connectivity index (χ4v) is 3.71. The number of carbonyl (C=O) groups is 2. The third-order valence-electron chi connectivity index (χ3n) is 5.64. The molecule has 0 aliphatic heterocycles. The fourth-order valence-electron chi connectivity index (χ4n) is 3.71. The highest BCUT2D eigenvalue weighted by Gasteiger charge is 2.45. The molecule has 35 heavy (non-hydrogen) atoms. The summed E-state index contributed by atoms with van der Waals surface area (Å²) in [7, 11) is 0. The van der Waals surface area contributed by atoms with E-state index in [-0.39, 0.29) is 30.4 Å². The Morgan fingerprint density at radius 3 is 2.46 bits per heavy atom. The summed E-state index contributed by atoms with van der Waals surface area (Å²) in [6.07, 6.45) is 2.59. The molecular weight excluding hydrogens is 458 g/mol. The number of nitrogens with zero attached hydrogens (tertiary/aromatic N) is 2. The molecule has 1 aliphatic rings. The van der Waals surface area contributed by atoms with Crippen molar-refractivity contribution in [1.29, 1.82) is 0 Å². The zero-order valence-electron chi connectivity index (χ0n) is 20.1. The van der Waals surface area contributed by atoms with Crippen LogP contribution in [0.15, 0.2) is 36.5 Å². The van der Waals surface area contributed by atoms with Crippen molar-refractivity contribution in [2.24, 2.45) is 0 Å². The molecule has 0 radical (unpaired) electrons. The van der Waals surface area contributed by atoms with Crippen LogP contribution in [-0.2, 0) is 11.3 Å².